The van der Waals surface area contributed by atoms with Crippen LogP contribution in [0.2, 0.25) is 0 Å². The Bertz CT molecular complexity index is 215. The zero-order valence-electron chi connectivity index (χ0n) is 11.2. The number of hydrogen-bond acceptors (Lipinski definition) is 5. The van der Waals surface area contributed by atoms with E-state index in [0.717, 1.165) is 6.42 Å². The lowest BCUT2D eigenvalue weighted by atomic mass is 9.95. The average molecular weight is 247 g/mol. The van der Waals surface area contributed by atoms with Crippen LogP contribution in [-0.2, 0) is 18.9 Å². The van der Waals surface area contributed by atoms with E-state index in [1.807, 2.05) is 13.8 Å². The van der Waals surface area contributed by atoms with Gasteiger partial charge in [-0.1, -0.05) is 6.92 Å². The summed E-state index contributed by atoms with van der Waals surface area (Å²) >= 11 is 0. The van der Waals surface area contributed by atoms with Crippen molar-refractivity contribution in [1.29, 1.82) is 0 Å². The molecule has 1 fully saturated rings. The summed E-state index contributed by atoms with van der Waals surface area (Å²) in [5, 5.41) is 0. The summed E-state index contributed by atoms with van der Waals surface area (Å²) in [5.41, 5.74) is 6.12. The van der Waals surface area contributed by atoms with Crippen LogP contribution in [0.25, 0.3) is 0 Å². The van der Waals surface area contributed by atoms with E-state index < -0.39 is 6.29 Å². The SMILES string of the molecule is CCOC1OC(CC)[C@@H](OC)[C@H](OCC)C1N. The minimum absolute atomic E-state index is 0.0344. The second-order valence-corrected chi connectivity index (χ2v) is 4.10. The predicted octanol–water partition coefficient (Wildman–Crippen LogP) is 0.905. The predicted molar refractivity (Wildman–Crippen MR) is 64.8 cm³/mol. The molecule has 0 saturated carbocycles. The summed E-state index contributed by atoms with van der Waals surface area (Å²) in [4.78, 5) is 0. The van der Waals surface area contributed by atoms with Gasteiger partial charge < -0.3 is 24.7 Å². The van der Waals surface area contributed by atoms with Gasteiger partial charge in [-0.25, -0.2) is 0 Å². The molecule has 5 nitrogen and oxygen atoms in total. The highest BCUT2D eigenvalue weighted by molar-refractivity contribution is 4.93. The Hall–Kier alpha value is -0.200. The molecule has 17 heavy (non-hydrogen) atoms. The molecule has 1 heterocycles. The Kier molecular flexibility index (Phi) is 6.37. The van der Waals surface area contributed by atoms with E-state index in [0.29, 0.717) is 13.2 Å². The van der Waals surface area contributed by atoms with Gasteiger partial charge in [0.05, 0.1) is 12.1 Å². The van der Waals surface area contributed by atoms with Gasteiger partial charge in [-0.05, 0) is 20.3 Å². The highest BCUT2D eigenvalue weighted by Crippen LogP contribution is 2.26. The third-order valence-corrected chi connectivity index (χ3v) is 3.06. The van der Waals surface area contributed by atoms with Crippen LogP contribution < -0.4 is 5.73 Å². The van der Waals surface area contributed by atoms with E-state index in [-0.39, 0.29) is 24.4 Å². The molecule has 102 valence electrons. The molecular weight excluding hydrogens is 222 g/mol. The van der Waals surface area contributed by atoms with Gasteiger partial charge in [-0.3, -0.25) is 0 Å². The Morgan fingerprint density at radius 2 is 1.71 bits per heavy atom. The first kappa shape index (κ1) is 14.9. The molecule has 1 rings (SSSR count). The summed E-state index contributed by atoms with van der Waals surface area (Å²) in [5.74, 6) is 0. The second-order valence-electron chi connectivity index (χ2n) is 4.10. The molecule has 2 N–H and O–H groups in total. The smallest absolute Gasteiger partial charge is 0.175 e. The third kappa shape index (κ3) is 3.39. The van der Waals surface area contributed by atoms with E-state index in [1.54, 1.807) is 7.11 Å². The maximum atomic E-state index is 6.12. The highest BCUT2D eigenvalue weighted by atomic mass is 16.7. The zero-order chi connectivity index (χ0) is 12.8. The Morgan fingerprint density at radius 3 is 2.18 bits per heavy atom. The highest BCUT2D eigenvalue weighted by Gasteiger charge is 2.44. The molecule has 1 aliphatic heterocycles. The molecule has 0 aromatic carbocycles. The maximum Gasteiger partial charge on any atom is 0.175 e. The fraction of sp³-hybridized carbons (Fsp3) is 1.00. The fourth-order valence-corrected chi connectivity index (χ4v) is 2.25. The minimum Gasteiger partial charge on any atom is -0.376 e. The van der Waals surface area contributed by atoms with Crippen LogP contribution in [0.5, 0.6) is 0 Å². The number of hydrogen-bond donors (Lipinski definition) is 1. The van der Waals surface area contributed by atoms with E-state index in [2.05, 4.69) is 6.92 Å². The standard InChI is InChI=1S/C12H25NO4/c1-5-8-10(14-4)11(15-6-2)9(13)12(17-8)16-7-3/h8-12H,5-7,13H2,1-4H3/t8?,9?,10-,11-,12?/m1/s1. The number of nitrogens with two attached hydrogens (primary N) is 1. The fourth-order valence-electron chi connectivity index (χ4n) is 2.25. The molecule has 0 radical (unpaired) electrons. The van der Waals surface area contributed by atoms with Crippen molar-refractivity contribution in [2.75, 3.05) is 20.3 Å². The Balaban J connectivity index is 2.78. The van der Waals surface area contributed by atoms with Gasteiger partial charge in [0.15, 0.2) is 6.29 Å². The Labute approximate surface area is 104 Å². The quantitative estimate of drug-likeness (QED) is 0.755. The van der Waals surface area contributed by atoms with Crippen LogP contribution in [0.4, 0.5) is 0 Å². The van der Waals surface area contributed by atoms with E-state index in [9.17, 15) is 0 Å². The summed E-state index contributed by atoms with van der Waals surface area (Å²) in [7, 11) is 1.66. The van der Waals surface area contributed by atoms with Crippen LogP contribution in [0.3, 0.4) is 0 Å². The van der Waals surface area contributed by atoms with Crippen molar-refractivity contribution in [3.8, 4) is 0 Å². The lowest BCUT2D eigenvalue weighted by Crippen LogP contribution is -2.63. The van der Waals surface area contributed by atoms with Gasteiger partial charge in [0.25, 0.3) is 0 Å². The van der Waals surface area contributed by atoms with Crippen molar-refractivity contribution in [3.05, 3.63) is 0 Å². The van der Waals surface area contributed by atoms with Gasteiger partial charge in [-0.15, -0.1) is 0 Å². The van der Waals surface area contributed by atoms with E-state index in [1.165, 1.54) is 0 Å². The topological polar surface area (TPSA) is 62.9 Å². The van der Waals surface area contributed by atoms with E-state index >= 15 is 0 Å². The normalized spacial score (nSPS) is 38.3. The number of ether oxygens (including phenoxy) is 4. The first-order chi connectivity index (χ1) is 8.19. The second kappa shape index (κ2) is 7.28. The monoisotopic (exact) mass is 247 g/mol. The molecule has 1 aliphatic rings. The van der Waals surface area contributed by atoms with Crippen molar-refractivity contribution in [1.82, 2.24) is 0 Å². The van der Waals surface area contributed by atoms with Crippen LogP contribution in [0.1, 0.15) is 27.2 Å². The maximum absolute atomic E-state index is 6.12. The molecule has 3 unspecified atom stereocenters. The van der Waals surface area contributed by atoms with Crippen LogP contribution in [-0.4, -0.2) is 51.0 Å². The summed E-state index contributed by atoms with van der Waals surface area (Å²) < 4.78 is 22.5. The molecule has 0 aromatic rings. The third-order valence-electron chi connectivity index (χ3n) is 3.06. The molecule has 5 heteroatoms. The minimum atomic E-state index is -0.409. The van der Waals surface area contributed by atoms with Gasteiger partial charge in [0, 0.05) is 20.3 Å². The molecular formula is C12H25NO4. The van der Waals surface area contributed by atoms with Gasteiger partial charge in [0.2, 0.25) is 0 Å². The van der Waals surface area contributed by atoms with Gasteiger partial charge in [0.1, 0.15) is 12.2 Å². The van der Waals surface area contributed by atoms with Crippen molar-refractivity contribution in [2.45, 2.75) is 57.8 Å². The number of methoxy groups -OCH3 is 1. The molecule has 0 spiro atoms. The summed E-state index contributed by atoms with van der Waals surface area (Å²) in [6.45, 7) is 7.11. The summed E-state index contributed by atoms with van der Waals surface area (Å²) in [6.07, 6.45) is 0.0889. The lowest BCUT2D eigenvalue weighted by molar-refractivity contribution is -0.270. The van der Waals surface area contributed by atoms with Crippen LogP contribution >= 0.6 is 0 Å². The molecule has 0 bridgehead atoms. The summed E-state index contributed by atoms with van der Waals surface area (Å²) in [6, 6.07) is -0.317. The van der Waals surface area contributed by atoms with Crippen LogP contribution in [0, 0.1) is 0 Å². The van der Waals surface area contributed by atoms with Crippen molar-refractivity contribution in [2.24, 2.45) is 5.73 Å². The van der Waals surface area contributed by atoms with Gasteiger partial charge >= 0.3 is 0 Å². The zero-order valence-corrected chi connectivity index (χ0v) is 11.2. The van der Waals surface area contributed by atoms with E-state index in [4.69, 9.17) is 24.7 Å². The number of rotatable bonds is 6. The van der Waals surface area contributed by atoms with Gasteiger partial charge in [-0.2, -0.15) is 0 Å². The molecule has 0 aromatic heterocycles. The van der Waals surface area contributed by atoms with Crippen molar-refractivity contribution >= 4 is 0 Å². The van der Waals surface area contributed by atoms with Crippen LogP contribution in [0.15, 0.2) is 0 Å². The molecule has 5 atom stereocenters. The average Bonchev–Trinajstić information content (AvgIpc) is 2.34. The van der Waals surface area contributed by atoms with Crippen molar-refractivity contribution in [3.63, 3.8) is 0 Å². The Morgan fingerprint density at radius 1 is 1.06 bits per heavy atom. The molecule has 0 aliphatic carbocycles. The largest absolute Gasteiger partial charge is 0.376 e. The first-order valence-electron chi connectivity index (χ1n) is 6.36. The molecule has 0 amide bonds. The van der Waals surface area contributed by atoms with Crippen molar-refractivity contribution < 1.29 is 18.9 Å². The first-order valence-corrected chi connectivity index (χ1v) is 6.36. The lowest BCUT2D eigenvalue weighted by Gasteiger charge is -2.44. The molecule has 1 saturated heterocycles.